The summed E-state index contributed by atoms with van der Waals surface area (Å²) in [5.74, 6) is -2.06. The second kappa shape index (κ2) is 5.09. The Kier molecular flexibility index (Phi) is 4.00. The number of rotatable bonds is 5. The topological polar surface area (TPSA) is 73.9 Å². The Morgan fingerprint density at radius 1 is 1.41 bits per heavy atom. The zero-order valence-electron chi connectivity index (χ0n) is 8.57. The van der Waals surface area contributed by atoms with E-state index in [1.165, 1.54) is 0 Å². The number of furan rings is 1. The fraction of sp³-hybridized carbons (Fsp3) is 0.444. The molecule has 0 amide bonds. The van der Waals surface area contributed by atoms with Gasteiger partial charge in [0.15, 0.2) is 5.88 Å². The maximum Gasteiger partial charge on any atom is 0.406 e. The molecule has 8 heteroatoms. The Bertz CT molecular complexity index is 388. The highest BCUT2D eigenvalue weighted by atomic mass is 19.4. The van der Waals surface area contributed by atoms with Crippen LogP contribution >= 0.6 is 0 Å². The highest BCUT2D eigenvalue weighted by Crippen LogP contribution is 2.23. The SMILES string of the molecule is O=C(O)c1ccc(N(CCO)CC(F)(F)F)o1. The molecule has 1 rings (SSSR count). The van der Waals surface area contributed by atoms with Crippen LogP contribution in [0.15, 0.2) is 16.5 Å². The molecular weight excluding hydrogens is 243 g/mol. The van der Waals surface area contributed by atoms with Crippen LogP contribution in [-0.4, -0.2) is 42.1 Å². The maximum atomic E-state index is 12.2. The summed E-state index contributed by atoms with van der Waals surface area (Å²) in [6, 6.07) is 2.17. The molecule has 0 aromatic carbocycles. The minimum Gasteiger partial charge on any atom is -0.475 e. The number of aliphatic hydroxyl groups excluding tert-OH is 1. The number of halogens is 3. The first-order valence-electron chi connectivity index (χ1n) is 4.59. The first kappa shape index (κ1) is 13.4. The van der Waals surface area contributed by atoms with Crippen molar-refractivity contribution >= 4 is 11.9 Å². The summed E-state index contributed by atoms with van der Waals surface area (Å²) in [5, 5.41) is 17.2. The van der Waals surface area contributed by atoms with E-state index in [2.05, 4.69) is 0 Å². The number of nitrogens with zero attached hydrogens (tertiary/aromatic N) is 1. The molecular formula is C9H10F3NO4. The van der Waals surface area contributed by atoms with Gasteiger partial charge in [-0.05, 0) is 6.07 Å². The Morgan fingerprint density at radius 2 is 2.06 bits per heavy atom. The first-order valence-corrected chi connectivity index (χ1v) is 4.59. The lowest BCUT2D eigenvalue weighted by molar-refractivity contribution is -0.120. The molecule has 2 N–H and O–H groups in total. The lowest BCUT2D eigenvalue weighted by Crippen LogP contribution is -2.36. The number of hydrogen-bond donors (Lipinski definition) is 2. The van der Waals surface area contributed by atoms with Gasteiger partial charge in [-0.1, -0.05) is 0 Å². The number of carboxylic acid groups (broad SMARTS) is 1. The van der Waals surface area contributed by atoms with E-state index in [1.807, 2.05) is 0 Å². The normalized spacial score (nSPS) is 11.5. The monoisotopic (exact) mass is 253 g/mol. The molecule has 17 heavy (non-hydrogen) atoms. The molecule has 1 heterocycles. The molecule has 5 nitrogen and oxygen atoms in total. The van der Waals surface area contributed by atoms with Crippen LogP contribution in [0.4, 0.5) is 19.1 Å². The number of hydrogen-bond acceptors (Lipinski definition) is 4. The van der Waals surface area contributed by atoms with Crippen LogP contribution in [-0.2, 0) is 0 Å². The van der Waals surface area contributed by atoms with Gasteiger partial charge in [0.25, 0.3) is 0 Å². The molecule has 0 aliphatic carbocycles. The second-order valence-electron chi connectivity index (χ2n) is 3.20. The summed E-state index contributed by atoms with van der Waals surface area (Å²) in [6.45, 7) is -2.12. The highest BCUT2D eigenvalue weighted by Gasteiger charge is 2.32. The number of aliphatic hydroxyl groups is 1. The number of anilines is 1. The molecule has 0 saturated heterocycles. The number of alkyl halides is 3. The molecule has 0 saturated carbocycles. The van der Waals surface area contributed by atoms with E-state index in [0.29, 0.717) is 4.90 Å². The van der Waals surface area contributed by atoms with Gasteiger partial charge in [0.2, 0.25) is 5.76 Å². The molecule has 0 aliphatic heterocycles. The molecule has 96 valence electrons. The lowest BCUT2D eigenvalue weighted by Gasteiger charge is -2.22. The third-order valence-electron chi connectivity index (χ3n) is 1.85. The summed E-state index contributed by atoms with van der Waals surface area (Å²) >= 11 is 0. The van der Waals surface area contributed by atoms with Crippen LogP contribution in [0.5, 0.6) is 0 Å². The van der Waals surface area contributed by atoms with Crippen molar-refractivity contribution in [1.29, 1.82) is 0 Å². The quantitative estimate of drug-likeness (QED) is 0.828. The predicted octanol–water partition coefficient (Wildman–Crippen LogP) is 1.34. The summed E-state index contributed by atoms with van der Waals surface area (Å²) < 4.78 is 41.3. The maximum absolute atomic E-state index is 12.2. The fourth-order valence-electron chi connectivity index (χ4n) is 1.22. The molecule has 0 spiro atoms. The van der Waals surface area contributed by atoms with Gasteiger partial charge in [0, 0.05) is 12.6 Å². The third-order valence-corrected chi connectivity index (χ3v) is 1.85. The number of carbonyl (C=O) groups is 1. The zero-order chi connectivity index (χ0) is 13.1. The number of carboxylic acids is 1. The minimum atomic E-state index is -4.47. The van der Waals surface area contributed by atoms with Crippen LogP contribution < -0.4 is 4.90 Å². The largest absolute Gasteiger partial charge is 0.475 e. The highest BCUT2D eigenvalue weighted by molar-refractivity contribution is 5.84. The second-order valence-corrected chi connectivity index (χ2v) is 3.20. The van der Waals surface area contributed by atoms with Crippen molar-refractivity contribution in [2.75, 3.05) is 24.6 Å². The van der Waals surface area contributed by atoms with Crippen molar-refractivity contribution < 1.29 is 32.6 Å². The van der Waals surface area contributed by atoms with Crippen molar-refractivity contribution in [2.45, 2.75) is 6.18 Å². The minimum absolute atomic E-state index is 0.242. The summed E-state index contributed by atoms with van der Waals surface area (Å²) in [4.78, 5) is 11.2. The fourth-order valence-corrected chi connectivity index (χ4v) is 1.22. The van der Waals surface area contributed by atoms with Crippen molar-refractivity contribution in [1.82, 2.24) is 0 Å². The van der Waals surface area contributed by atoms with Gasteiger partial charge >= 0.3 is 12.1 Å². The van der Waals surface area contributed by atoms with Crippen LogP contribution in [0.25, 0.3) is 0 Å². The average Bonchev–Trinajstić information content (AvgIpc) is 2.63. The average molecular weight is 253 g/mol. The van der Waals surface area contributed by atoms with E-state index in [-0.39, 0.29) is 12.4 Å². The first-order chi connectivity index (χ1) is 7.83. The molecule has 0 atom stereocenters. The Hall–Kier alpha value is -1.70. The van der Waals surface area contributed by atoms with Gasteiger partial charge in [-0.25, -0.2) is 4.79 Å². The third kappa shape index (κ3) is 3.99. The van der Waals surface area contributed by atoms with Gasteiger partial charge in [0.05, 0.1) is 6.61 Å². The van der Waals surface area contributed by atoms with Gasteiger partial charge in [-0.3, -0.25) is 0 Å². The van der Waals surface area contributed by atoms with Crippen LogP contribution in [0.1, 0.15) is 10.6 Å². The molecule has 0 aliphatic rings. The van der Waals surface area contributed by atoms with E-state index >= 15 is 0 Å². The molecule has 1 aromatic rings. The Morgan fingerprint density at radius 3 is 2.47 bits per heavy atom. The molecule has 0 unspecified atom stereocenters. The zero-order valence-corrected chi connectivity index (χ0v) is 8.57. The summed E-state index contributed by atoms with van der Waals surface area (Å²) in [5.41, 5.74) is 0. The Balaban J connectivity index is 2.85. The molecule has 0 fully saturated rings. The Labute approximate surface area is 94.1 Å². The van der Waals surface area contributed by atoms with E-state index in [0.717, 1.165) is 12.1 Å². The van der Waals surface area contributed by atoms with E-state index < -0.39 is 31.1 Å². The smallest absolute Gasteiger partial charge is 0.406 e. The van der Waals surface area contributed by atoms with Crippen molar-refractivity contribution in [3.05, 3.63) is 17.9 Å². The van der Waals surface area contributed by atoms with E-state index in [9.17, 15) is 18.0 Å². The van der Waals surface area contributed by atoms with Crippen molar-refractivity contribution in [3.63, 3.8) is 0 Å². The van der Waals surface area contributed by atoms with Gasteiger partial charge < -0.3 is 19.5 Å². The molecule has 0 radical (unpaired) electrons. The van der Waals surface area contributed by atoms with Crippen LogP contribution in [0.2, 0.25) is 0 Å². The van der Waals surface area contributed by atoms with Gasteiger partial charge in [0.1, 0.15) is 6.54 Å². The summed E-state index contributed by atoms with van der Waals surface area (Å²) in [6.07, 6.45) is -4.47. The molecule has 1 aromatic heterocycles. The molecule has 0 bridgehead atoms. The van der Waals surface area contributed by atoms with Gasteiger partial charge in [-0.15, -0.1) is 0 Å². The predicted molar refractivity (Wildman–Crippen MR) is 51.0 cm³/mol. The van der Waals surface area contributed by atoms with Crippen molar-refractivity contribution in [2.24, 2.45) is 0 Å². The van der Waals surface area contributed by atoms with Gasteiger partial charge in [-0.2, -0.15) is 13.2 Å². The van der Waals surface area contributed by atoms with E-state index in [1.54, 1.807) is 0 Å². The van der Waals surface area contributed by atoms with Crippen LogP contribution in [0.3, 0.4) is 0 Å². The standard InChI is InChI=1S/C9H10F3NO4/c10-9(11,12)5-13(3-4-14)7-2-1-6(17-7)8(15)16/h1-2,14H,3-5H2,(H,15,16). The number of aromatic carboxylic acids is 1. The lowest BCUT2D eigenvalue weighted by atomic mass is 10.4. The van der Waals surface area contributed by atoms with Crippen molar-refractivity contribution in [3.8, 4) is 0 Å². The van der Waals surface area contributed by atoms with Crippen LogP contribution in [0, 0.1) is 0 Å². The summed E-state index contributed by atoms with van der Waals surface area (Å²) in [7, 11) is 0. The van der Waals surface area contributed by atoms with E-state index in [4.69, 9.17) is 14.6 Å².